The minimum atomic E-state index is -0.221. The first kappa shape index (κ1) is 19.7. The van der Waals surface area contributed by atoms with Crippen molar-refractivity contribution in [2.45, 2.75) is 32.2 Å². The highest BCUT2D eigenvalue weighted by Crippen LogP contribution is 2.35. The van der Waals surface area contributed by atoms with E-state index in [1.54, 1.807) is 23.2 Å². The smallest absolute Gasteiger partial charge is 0.242 e. The van der Waals surface area contributed by atoms with E-state index in [0.717, 1.165) is 36.6 Å². The van der Waals surface area contributed by atoms with Crippen molar-refractivity contribution in [1.82, 2.24) is 14.5 Å². The summed E-state index contributed by atoms with van der Waals surface area (Å²) in [6.45, 7) is 1.24. The van der Waals surface area contributed by atoms with E-state index in [1.165, 1.54) is 0 Å². The van der Waals surface area contributed by atoms with Gasteiger partial charge >= 0.3 is 0 Å². The molecule has 1 unspecified atom stereocenters. The van der Waals surface area contributed by atoms with Crippen LogP contribution < -0.4 is 0 Å². The fourth-order valence-electron chi connectivity index (χ4n) is 4.52. The predicted octanol–water partition coefficient (Wildman–Crippen LogP) is 3.75. The first-order chi connectivity index (χ1) is 15.1. The third-order valence-corrected chi connectivity index (χ3v) is 6.37. The third kappa shape index (κ3) is 3.90. The second-order valence-corrected chi connectivity index (χ2v) is 8.58. The molecule has 1 aliphatic heterocycles. The van der Waals surface area contributed by atoms with Crippen molar-refractivity contribution in [1.29, 1.82) is 0 Å². The van der Waals surface area contributed by atoms with Crippen molar-refractivity contribution in [3.05, 3.63) is 66.1 Å². The van der Waals surface area contributed by atoms with E-state index in [2.05, 4.69) is 4.98 Å². The third-order valence-electron chi connectivity index (χ3n) is 6.37. The molecule has 2 fully saturated rings. The van der Waals surface area contributed by atoms with Gasteiger partial charge in [0.2, 0.25) is 5.91 Å². The maximum atomic E-state index is 13.1. The zero-order chi connectivity index (χ0) is 21.4. The summed E-state index contributed by atoms with van der Waals surface area (Å²) in [7, 11) is 0. The van der Waals surface area contributed by atoms with Crippen molar-refractivity contribution in [2.75, 3.05) is 13.1 Å². The summed E-state index contributed by atoms with van der Waals surface area (Å²) in [5.74, 6) is 0.0735. The van der Waals surface area contributed by atoms with E-state index >= 15 is 0 Å². The van der Waals surface area contributed by atoms with Crippen LogP contribution in [0.4, 0.5) is 0 Å². The Morgan fingerprint density at radius 3 is 2.52 bits per heavy atom. The van der Waals surface area contributed by atoms with Crippen LogP contribution in [0.2, 0.25) is 0 Å². The Kier molecular flexibility index (Phi) is 5.14. The Balaban J connectivity index is 1.34. The number of carbonyl (C=O) groups excluding carboxylic acids is 3. The number of nitrogens with zero attached hydrogens (tertiary/aromatic N) is 3. The number of Topliss-reactive ketones (excluding diaryl/α,β-unsaturated/α-hetero) is 2. The fraction of sp³-hybridized carbons (Fsp3) is 0.360. The van der Waals surface area contributed by atoms with Gasteiger partial charge in [0.25, 0.3) is 0 Å². The molecule has 1 saturated carbocycles. The quantitative estimate of drug-likeness (QED) is 0.575. The molecule has 3 heterocycles. The Hall–Kier alpha value is -3.28. The lowest BCUT2D eigenvalue weighted by Crippen LogP contribution is -2.43. The van der Waals surface area contributed by atoms with E-state index in [9.17, 15) is 14.4 Å². The minimum Gasteiger partial charge on any atom is -0.340 e. The SMILES string of the molecule is O=C(c1ccccn1)C1CCCN(C(=O)Cn2cc(C(=O)C3CC3)c3ccccc32)C1. The zero-order valence-electron chi connectivity index (χ0n) is 17.4. The number of hydrogen-bond donors (Lipinski definition) is 0. The van der Waals surface area contributed by atoms with Crippen molar-refractivity contribution in [2.24, 2.45) is 11.8 Å². The summed E-state index contributed by atoms with van der Waals surface area (Å²) in [5, 5.41) is 0.911. The zero-order valence-corrected chi connectivity index (χ0v) is 17.4. The molecule has 158 valence electrons. The first-order valence-electron chi connectivity index (χ1n) is 11.0. The molecule has 0 bridgehead atoms. The molecular weight excluding hydrogens is 390 g/mol. The number of pyridine rings is 1. The molecule has 1 amide bonds. The molecule has 2 aromatic heterocycles. The van der Waals surface area contributed by atoms with Crippen LogP contribution in [0.3, 0.4) is 0 Å². The molecule has 3 aromatic rings. The van der Waals surface area contributed by atoms with Gasteiger partial charge in [0.15, 0.2) is 11.6 Å². The molecule has 1 atom stereocenters. The van der Waals surface area contributed by atoms with Crippen molar-refractivity contribution in [3.63, 3.8) is 0 Å². The van der Waals surface area contributed by atoms with Crippen molar-refractivity contribution in [3.8, 4) is 0 Å². The molecule has 0 radical (unpaired) electrons. The maximum absolute atomic E-state index is 13.1. The number of rotatable bonds is 6. The van der Waals surface area contributed by atoms with Crippen LogP contribution in [-0.4, -0.2) is 45.0 Å². The fourth-order valence-corrected chi connectivity index (χ4v) is 4.52. The lowest BCUT2D eigenvalue weighted by atomic mass is 9.92. The van der Waals surface area contributed by atoms with Gasteiger partial charge in [-0.1, -0.05) is 24.3 Å². The van der Waals surface area contributed by atoms with E-state index in [0.29, 0.717) is 24.3 Å². The largest absolute Gasteiger partial charge is 0.340 e. The molecule has 0 N–H and O–H groups in total. The summed E-state index contributed by atoms with van der Waals surface area (Å²) in [6.07, 6.45) is 6.94. The van der Waals surface area contributed by atoms with E-state index in [-0.39, 0.29) is 35.9 Å². The van der Waals surface area contributed by atoms with Crippen LogP contribution in [0.15, 0.2) is 54.9 Å². The molecule has 1 aromatic carbocycles. The summed E-state index contributed by atoms with van der Waals surface area (Å²) < 4.78 is 1.89. The van der Waals surface area contributed by atoms with Gasteiger partial charge in [-0.05, 0) is 43.9 Å². The van der Waals surface area contributed by atoms with Gasteiger partial charge in [0.05, 0.1) is 0 Å². The Morgan fingerprint density at radius 2 is 1.74 bits per heavy atom. The standard InChI is InChI=1S/C25H25N3O3/c29-23(27-13-5-6-18(14-27)25(31)21-8-3-4-12-26-21)16-28-15-20(24(30)17-10-11-17)19-7-1-2-9-22(19)28/h1-4,7-9,12,15,17-18H,5-6,10-11,13-14,16H2. The average molecular weight is 415 g/mol. The van der Waals surface area contributed by atoms with Crippen molar-refractivity contribution >= 4 is 28.4 Å². The highest BCUT2D eigenvalue weighted by molar-refractivity contribution is 6.10. The monoisotopic (exact) mass is 415 g/mol. The summed E-state index contributed by atoms with van der Waals surface area (Å²) in [5.41, 5.74) is 2.08. The molecule has 5 rings (SSSR count). The van der Waals surface area contributed by atoms with Crippen LogP contribution in [0, 0.1) is 11.8 Å². The number of fused-ring (bicyclic) bond motifs is 1. The number of ketones is 2. The van der Waals surface area contributed by atoms with Crippen LogP contribution in [0.25, 0.3) is 10.9 Å². The van der Waals surface area contributed by atoms with Gasteiger partial charge in [-0.2, -0.15) is 0 Å². The molecule has 6 heteroatoms. The molecular formula is C25H25N3O3. The van der Waals surface area contributed by atoms with Gasteiger partial charge in [-0.15, -0.1) is 0 Å². The highest BCUT2D eigenvalue weighted by atomic mass is 16.2. The number of amides is 1. The topological polar surface area (TPSA) is 72.3 Å². The highest BCUT2D eigenvalue weighted by Gasteiger charge is 2.33. The van der Waals surface area contributed by atoms with Gasteiger partial charge in [-0.3, -0.25) is 19.4 Å². The van der Waals surface area contributed by atoms with Crippen LogP contribution in [-0.2, 0) is 11.3 Å². The number of benzene rings is 1. The Bertz CT molecular complexity index is 1150. The molecule has 1 saturated heterocycles. The van der Waals surface area contributed by atoms with E-state index in [4.69, 9.17) is 0 Å². The molecule has 2 aliphatic rings. The van der Waals surface area contributed by atoms with Crippen LogP contribution >= 0.6 is 0 Å². The molecule has 0 spiro atoms. The Morgan fingerprint density at radius 1 is 0.935 bits per heavy atom. The number of aromatic nitrogens is 2. The molecule has 1 aliphatic carbocycles. The first-order valence-corrected chi connectivity index (χ1v) is 11.0. The van der Waals surface area contributed by atoms with E-state index in [1.807, 2.05) is 41.1 Å². The van der Waals surface area contributed by atoms with Crippen molar-refractivity contribution < 1.29 is 14.4 Å². The second-order valence-electron chi connectivity index (χ2n) is 8.58. The van der Waals surface area contributed by atoms with Crippen LogP contribution in [0.1, 0.15) is 46.5 Å². The number of hydrogen-bond acceptors (Lipinski definition) is 4. The average Bonchev–Trinajstić information content (AvgIpc) is 3.61. The van der Waals surface area contributed by atoms with Gasteiger partial charge in [0.1, 0.15) is 12.2 Å². The summed E-state index contributed by atoms with van der Waals surface area (Å²) in [6, 6.07) is 13.1. The molecule has 6 nitrogen and oxygen atoms in total. The number of para-hydroxylation sites is 1. The molecule has 31 heavy (non-hydrogen) atoms. The van der Waals surface area contributed by atoms with Gasteiger partial charge in [-0.25, -0.2) is 0 Å². The van der Waals surface area contributed by atoms with Gasteiger partial charge in [0, 0.05) is 53.8 Å². The van der Waals surface area contributed by atoms with Crippen LogP contribution in [0.5, 0.6) is 0 Å². The normalized spacial score (nSPS) is 18.8. The summed E-state index contributed by atoms with van der Waals surface area (Å²) >= 11 is 0. The van der Waals surface area contributed by atoms with E-state index < -0.39 is 0 Å². The predicted molar refractivity (Wildman–Crippen MR) is 117 cm³/mol. The lowest BCUT2D eigenvalue weighted by molar-refractivity contribution is -0.133. The minimum absolute atomic E-state index is 0.00169. The second kappa shape index (κ2) is 8.10. The number of likely N-dealkylation sites (tertiary alicyclic amines) is 1. The summed E-state index contributed by atoms with van der Waals surface area (Å²) in [4.78, 5) is 44.6. The van der Waals surface area contributed by atoms with Gasteiger partial charge < -0.3 is 9.47 Å². The Labute approximate surface area is 180 Å². The number of carbonyl (C=O) groups is 3. The lowest BCUT2D eigenvalue weighted by Gasteiger charge is -2.32. The number of piperidine rings is 1. The maximum Gasteiger partial charge on any atom is 0.242 e.